The zero-order chi connectivity index (χ0) is 12.5. The first-order valence-corrected chi connectivity index (χ1v) is 7.72. The van der Waals surface area contributed by atoms with Gasteiger partial charge in [-0.2, -0.15) is 0 Å². The predicted molar refractivity (Wildman–Crippen MR) is 70.7 cm³/mol. The predicted octanol–water partition coefficient (Wildman–Crippen LogP) is 2.65. The minimum atomic E-state index is 0.191. The van der Waals surface area contributed by atoms with Gasteiger partial charge in [0.25, 0.3) is 5.91 Å². The van der Waals surface area contributed by atoms with E-state index >= 15 is 0 Å². The molecule has 2 saturated carbocycles. The molecule has 0 aliphatic heterocycles. The second-order valence-electron chi connectivity index (χ2n) is 5.28. The highest BCUT2D eigenvalue weighted by molar-refractivity contribution is 7.08. The van der Waals surface area contributed by atoms with Crippen LogP contribution in [0, 0.1) is 0 Å². The van der Waals surface area contributed by atoms with Crippen molar-refractivity contribution >= 4 is 17.4 Å². The van der Waals surface area contributed by atoms with E-state index in [0.29, 0.717) is 12.1 Å². The second-order valence-corrected chi connectivity index (χ2v) is 6.04. The maximum absolute atomic E-state index is 12.7. The summed E-state index contributed by atoms with van der Waals surface area (Å²) in [4.78, 5) is 15.6. The number of nitrogens with zero attached hydrogens (tertiary/aromatic N) is 3. The van der Waals surface area contributed by atoms with Crippen molar-refractivity contribution in [3.05, 3.63) is 10.6 Å². The number of aromatic nitrogens is 2. The van der Waals surface area contributed by atoms with Crippen LogP contribution in [-0.2, 0) is 6.42 Å². The third kappa shape index (κ3) is 2.16. The number of aryl methyl sites for hydroxylation is 1. The number of carbonyl (C=O) groups is 1. The third-order valence-corrected chi connectivity index (χ3v) is 4.73. The smallest absolute Gasteiger partial charge is 0.268 e. The molecule has 1 heterocycles. The monoisotopic (exact) mass is 265 g/mol. The quantitative estimate of drug-likeness (QED) is 0.840. The summed E-state index contributed by atoms with van der Waals surface area (Å²) < 4.78 is 3.95. The highest BCUT2D eigenvalue weighted by Crippen LogP contribution is 2.36. The van der Waals surface area contributed by atoms with Gasteiger partial charge in [0.15, 0.2) is 0 Å². The lowest BCUT2D eigenvalue weighted by Gasteiger charge is -2.28. The van der Waals surface area contributed by atoms with Crippen LogP contribution in [-0.4, -0.2) is 32.5 Å². The number of amides is 1. The van der Waals surface area contributed by atoms with Gasteiger partial charge in [0.05, 0.1) is 5.69 Å². The summed E-state index contributed by atoms with van der Waals surface area (Å²) in [5, 5.41) is 4.07. The standard InChI is InChI=1S/C13H19N3OS/c1-2-11-12(18-15-14-11)13(17)16(10-7-8-10)9-5-3-4-6-9/h9-10H,2-8H2,1H3. The van der Waals surface area contributed by atoms with E-state index in [1.54, 1.807) is 0 Å². The minimum Gasteiger partial charge on any atom is -0.332 e. The van der Waals surface area contributed by atoms with Crippen molar-refractivity contribution in [1.82, 2.24) is 14.5 Å². The van der Waals surface area contributed by atoms with Crippen LogP contribution in [0.1, 0.15) is 60.8 Å². The molecule has 0 radical (unpaired) electrons. The Morgan fingerprint density at radius 1 is 1.28 bits per heavy atom. The van der Waals surface area contributed by atoms with Crippen molar-refractivity contribution in [1.29, 1.82) is 0 Å². The zero-order valence-corrected chi connectivity index (χ0v) is 11.6. The Labute approximate surface area is 112 Å². The number of hydrogen-bond acceptors (Lipinski definition) is 4. The van der Waals surface area contributed by atoms with Crippen molar-refractivity contribution in [3.63, 3.8) is 0 Å². The molecule has 18 heavy (non-hydrogen) atoms. The van der Waals surface area contributed by atoms with E-state index in [0.717, 1.165) is 17.0 Å². The normalized spacial score (nSPS) is 20.3. The van der Waals surface area contributed by atoms with E-state index in [2.05, 4.69) is 14.5 Å². The van der Waals surface area contributed by atoms with Crippen molar-refractivity contribution in [2.75, 3.05) is 0 Å². The molecule has 2 aliphatic rings. The SMILES string of the molecule is CCc1nnsc1C(=O)N(C1CCCC1)C1CC1. The second kappa shape index (κ2) is 4.96. The van der Waals surface area contributed by atoms with Crippen LogP contribution in [0.25, 0.3) is 0 Å². The van der Waals surface area contributed by atoms with Crippen LogP contribution in [0.5, 0.6) is 0 Å². The number of rotatable bonds is 4. The first-order chi connectivity index (χ1) is 8.81. The molecular formula is C13H19N3OS. The fourth-order valence-corrected chi connectivity index (χ4v) is 3.58. The molecule has 2 fully saturated rings. The molecule has 3 rings (SSSR count). The maximum Gasteiger partial charge on any atom is 0.268 e. The average molecular weight is 265 g/mol. The van der Waals surface area contributed by atoms with Gasteiger partial charge in [0, 0.05) is 12.1 Å². The van der Waals surface area contributed by atoms with Crippen LogP contribution >= 0.6 is 11.5 Å². The molecule has 0 atom stereocenters. The van der Waals surface area contributed by atoms with Crippen molar-refractivity contribution in [3.8, 4) is 0 Å². The lowest BCUT2D eigenvalue weighted by atomic mass is 10.2. The van der Waals surface area contributed by atoms with Gasteiger partial charge < -0.3 is 4.90 Å². The molecule has 1 aromatic rings. The van der Waals surface area contributed by atoms with E-state index in [1.165, 1.54) is 50.1 Å². The summed E-state index contributed by atoms with van der Waals surface area (Å²) in [6.07, 6.45) is 8.03. The average Bonchev–Trinajstić information content (AvgIpc) is 2.91. The molecule has 1 aromatic heterocycles. The molecule has 2 aliphatic carbocycles. The lowest BCUT2D eigenvalue weighted by Crippen LogP contribution is -2.40. The van der Waals surface area contributed by atoms with Crippen LogP contribution < -0.4 is 0 Å². The van der Waals surface area contributed by atoms with E-state index in [9.17, 15) is 4.79 Å². The van der Waals surface area contributed by atoms with Crippen LogP contribution in [0.2, 0.25) is 0 Å². The summed E-state index contributed by atoms with van der Waals surface area (Å²) in [5.41, 5.74) is 0.869. The topological polar surface area (TPSA) is 46.1 Å². The largest absolute Gasteiger partial charge is 0.332 e. The summed E-state index contributed by atoms with van der Waals surface area (Å²) in [7, 11) is 0. The van der Waals surface area contributed by atoms with Gasteiger partial charge >= 0.3 is 0 Å². The maximum atomic E-state index is 12.7. The van der Waals surface area contributed by atoms with Gasteiger partial charge in [-0.05, 0) is 43.6 Å². The summed E-state index contributed by atoms with van der Waals surface area (Å²) in [5.74, 6) is 0.191. The Morgan fingerprint density at radius 2 is 1.94 bits per heavy atom. The Hall–Kier alpha value is -0.970. The van der Waals surface area contributed by atoms with E-state index in [-0.39, 0.29) is 5.91 Å². The van der Waals surface area contributed by atoms with Crippen molar-refractivity contribution in [2.45, 2.75) is 64.0 Å². The molecule has 0 saturated heterocycles. The Kier molecular flexibility index (Phi) is 3.33. The number of hydrogen-bond donors (Lipinski definition) is 0. The molecular weight excluding hydrogens is 246 g/mol. The first-order valence-electron chi connectivity index (χ1n) is 6.95. The van der Waals surface area contributed by atoms with Crippen molar-refractivity contribution in [2.24, 2.45) is 0 Å². The van der Waals surface area contributed by atoms with Crippen LogP contribution in [0.4, 0.5) is 0 Å². The molecule has 5 heteroatoms. The van der Waals surface area contributed by atoms with Gasteiger partial charge in [-0.15, -0.1) is 5.10 Å². The summed E-state index contributed by atoms with van der Waals surface area (Å²) in [6.45, 7) is 2.03. The van der Waals surface area contributed by atoms with Gasteiger partial charge in [-0.1, -0.05) is 24.3 Å². The highest BCUT2D eigenvalue weighted by Gasteiger charge is 2.39. The van der Waals surface area contributed by atoms with E-state index in [1.807, 2.05) is 6.92 Å². The van der Waals surface area contributed by atoms with Gasteiger partial charge in [0.1, 0.15) is 4.88 Å². The molecule has 0 N–H and O–H groups in total. The Bertz CT molecular complexity index is 435. The summed E-state index contributed by atoms with van der Waals surface area (Å²) in [6, 6.07) is 0.962. The fourth-order valence-electron chi connectivity index (χ4n) is 2.88. The fraction of sp³-hybridized carbons (Fsp3) is 0.769. The highest BCUT2D eigenvalue weighted by atomic mass is 32.1. The molecule has 0 spiro atoms. The third-order valence-electron chi connectivity index (χ3n) is 3.98. The summed E-state index contributed by atoms with van der Waals surface area (Å²) >= 11 is 1.26. The molecule has 4 nitrogen and oxygen atoms in total. The molecule has 0 aromatic carbocycles. The van der Waals surface area contributed by atoms with Gasteiger partial charge in [0.2, 0.25) is 0 Å². The van der Waals surface area contributed by atoms with Crippen molar-refractivity contribution < 1.29 is 4.79 Å². The van der Waals surface area contributed by atoms with E-state index in [4.69, 9.17) is 0 Å². The molecule has 1 amide bonds. The first kappa shape index (κ1) is 12.1. The minimum absolute atomic E-state index is 0.191. The Balaban J connectivity index is 1.83. The number of carbonyl (C=O) groups excluding carboxylic acids is 1. The lowest BCUT2D eigenvalue weighted by molar-refractivity contribution is 0.0668. The Morgan fingerprint density at radius 3 is 2.56 bits per heavy atom. The molecule has 0 unspecified atom stereocenters. The van der Waals surface area contributed by atoms with Crippen LogP contribution in [0.3, 0.4) is 0 Å². The zero-order valence-electron chi connectivity index (χ0n) is 10.8. The molecule has 98 valence electrons. The van der Waals surface area contributed by atoms with Gasteiger partial charge in [-0.3, -0.25) is 4.79 Å². The van der Waals surface area contributed by atoms with Crippen LogP contribution in [0.15, 0.2) is 0 Å². The van der Waals surface area contributed by atoms with E-state index < -0.39 is 0 Å². The molecule has 0 bridgehead atoms. The van der Waals surface area contributed by atoms with Gasteiger partial charge in [-0.25, -0.2) is 0 Å².